The van der Waals surface area contributed by atoms with Crippen LogP contribution in [-0.4, -0.2) is 25.7 Å². The quantitative estimate of drug-likeness (QED) is 0.222. The highest BCUT2D eigenvalue weighted by atomic mass is 33.2. The third-order valence-corrected chi connectivity index (χ3v) is 31.0. The lowest BCUT2D eigenvalue weighted by Crippen LogP contribution is -2.46. The number of carbonyl (C=O) groups is 2. The first-order chi connectivity index (χ1) is 11.7. The molecule has 2 N–H and O–H groups in total. The third-order valence-electron chi connectivity index (χ3n) is 2.70. The number of hydrogen-bond acceptors (Lipinski definition) is 14. The molecule has 0 bridgehead atoms. The van der Waals surface area contributed by atoms with Gasteiger partial charge in [-0.05, 0) is 100 Å². The van der Waals surface area contributed by atoms with Crippen molar-refractivity contribution in [2.45, 2.75) is 34.2 Å². The van der Waals surface area contributed by atoms with Crippen molar-refractivity contribution in [3.8, 4) is 0 Å². The third kappa shape index (κ3) is 5.64. The summed E-state index contributed by atoms with van der Waals surface area (Å²) in [6.45, 7) is 3.99. The van der Waals surface area contributed by atoms with Crippen molar-refractivity contribution in [3.63, 3.8) is 0 Å². The van der Waals surface area contributed by atoms with Crippen LogP contribution in [-0.2, 0) is 9.59 Å². The molecule has 0 aromatic heterocycles. The molecular formula is C9H10N2O2S12. The van der Waals surface area contributed by atoms with Gasteiger partial charge in [0.25, 0.3) is 0 Å². The van der Waals surface area contributed by atoms with Crippen LogP contribution in [0.25, 0.3) is 0 Å². The second-order valence-corrected chi connectivity index (χ2v) is 24.9. The van der Waals surface area contributed by atoms with E-state index in [4.69, 9.17) is 0 Å². The molecule has 4 nitrogen and oxygen atoms in total. The second kappa shape index (κ2) is 8.00. The second-order valence-electron chi connectivity index (χ2n) is 5.16. The van der Waals surface area contributed by atoms with Crippen molar-refractivity contribution < 1.29 is 9.59 Å². The number of nitrogens with one attached hydrogen (secondary N) is 2. The average Bonchev–Trinajstić information content (AvgIpc) is 3.45. The lowest BCUT2D eigenvalue weighted by molar-refractivity contribution is -0.129. The fourth-order valence-electron chi connectivity index (χ4n) is 1.58. The molecule has 2 spiro atoms. The Hall–Kier alpha value is 3.14. The summed E-state index contributed by atoms with van der Waals surface area (Å²) < 4.78 is -0.408. The summed E-state index contributed by atoms with van der Waals surface area (Å²) >= 11 is 0. The van der Waals surface area contributed by atoms with Gasteiger partial charge in [-0.1, -0.05) is 43.2 Å². The molecule has 4 aliphatic rings. The van der Waals surface area contributed by atoms with Gasteiger partial charge in [-0.15, -0.1) is 0 Å². The van der Waals surface area contributed by atoms with Crippen LogP contribution < -0.4 is 10.6 Å². The maximum absolute atomic E-state index is 12.3. The van der Waals surface area contributed by atoms with Crippen molar-refractivity contribution in [3.05, 3.63) is 0 Å². The van der Waals surface area contributed by atoms with Crippen molar-refractivity contribution in [1.82, 2.24) is 10.6 Å². The largest absolute Gasteiger partial charge is 0.331 e. The predicted octanol–water partition coefficient (Wildman–Crippen LogP) is 6.52. The maximum Gasteiger partial charge on any atom is 0.231 e. The molecule has 0 saturated carbocycles. The molecule has 4 saturated heterocycles. The molecule has 25 heavy (non-hydrogen) atoms. The fraction of sp³-hybridized carbons (Fsp3) is 0.778. The molecule has 4 heterocycles. The Bertz CT molecular complexity index is 525. The minimum Gasteiger partial charge on any atom is -0.331 e. The maximum atomic E-state index is 12.3. The van der Waals surface area contributed by atoms with Gasteiger partial charge in [0.05, 0.1) is 0 Å². The summed E-state index contributed by atoms with van der Waals surface area (Å²) in [6.07, 6.45) is -0.138. The first kappa shape index (κ1) is 21.4. The number of hydrogen-bond donors (Lipinski definition) is 2. The Kier molecular flexibility index (Phi) is 6.84. The lowest BCUT2D eigenvalue weighted by atomic mass is 10.3. The molecule has 0 aromatic rings. The van der Waals surface area contributed by atoms with Crippen LogP contribution >= 0.6 is 130 Å². The highest BCUT2D eigenvalue weighted by Gasteiger charge is 2.56. The van der Waals surface area contributed by atoms with Crippen LogP contribution in [0.15, 0.2) is 0 Å². The number of amides is 2. The summed E-state index contributed by atoms with van der Waals surface area (Å²) in [5.74, 6) is -0.458. The lowest BCUT2D eigenvalue weighted by Gasteiger charge is -2.34. The van der Waals surface area contributed by atoms with Gasteiger partial charge >= 0.3 is 0 Å². The van der Waals surface area contributed by atoms with E-state index in [0.29, 0.717) is 0 Å². The normalized spacial score (nSPS) is 33.7. The fourth-order valence-corrected chi connectivity index (χ4v) is 26.9. The SMILES string of the molecule is CC1(NC(=O)CC(=O)NC2(C)SSC3(SS2)SS3)SSC2(SS1)SS2. The zero-order valence-electron chi connectivity index (χ0n) is 12.4. The molecule has 0 aliphatic carbocycles. The summed E-state index contributed by atoms with van der Waals surface area (Å²) in [7, 11) is 21.2. The standard InChI is InChI=1S/C9H10N2O2S12/c1-6(14-18-8(19-15-6)22-23-8)10-4(12)3-5(13)11-7(2)16-20-9(21-17-7)24-25-9/h3H2,1-2H3,(H,10,12)(H,11,13). The predicted molar refractivity (Wildman–Crippen MR) is 134 cm³/mol. The minimum absolute atomic E-state index is 0.138. The van der Waals surface area contributed by atoms with E-state index in [-0.39, 0.29) is 23.7 Å². The monoisotopic (exact) mass is 562 g/mol. The molecule has 0 radical (unpaired) electrons. The van der Waals surface area contributed by atoms with E-state index in [2.05, 4.69) is 10.6 Å². The van der Waals surface area contributed by atoms with Gasteiger partial charge < -0.3 is 10.6 Å². The van der Waals surface area contributed by atoms with Crippen LogP contribution in [0.3, 0.4) is 0 Å². The highest BCUT2D eigenvalue weighted by molar-refractivity contribution is 9.15. The first-order valence-corrected chi connectivity index (χ1v) is 19.5. The van der Waals surface area contributed by atoms with Gasteiger partial charge in [-0.25, -0.2) is 0 Å². The van der Waals surface area contributed by atoms with E-state index in [0.717, 1.165) is 0 Å². The zero-order valence-corrected chi connectivity index (χ0v) is 22.2. The molecular weight excluding hydrogens is 553 g/mol. The molecule has 140 valence electrons. The number of rotatable bonds is 4. The van der Waals surface area contributed by atoms with E-state index in [9.17, 15) is 9.59 Å². The summed E-state index contributed by atoms with van der Waals surface area (Å²) in [5, 5.41) is 6.00. The average molecular weight is 563 g/mol. The molecule has 0 unspecified atom stereocenters. The Morgan fingerprint density at radius 3 is 1.16 bits per heavy atom. The van der Waals surface area contributed by atoms with E-state index in [1.54, 1.807) is 86.4 Å². The van der Waals surface area contributed by atoms with Crippen LogP contribution in [0.2, 0.25) is 0 Å². The van der Waals surface area contributed by atoms with Crippen molar-refractivity contribution in [2.24, 2.45) is 0 Å². The summed E-state index contributed by atoms with van der Waals surface area (Å²) in [4.78, 5) is 24.6. The molecule has 16 heteroatoms. The number of carbonyl (C=O) groups excluding carboxylic acids is 2. The van der Waals surface area contributed by atoms with Crippen LogP contribution in [0.4, 0.5) is 0 Å². The van der Waals surface area contributed by atoms with E-state index in [1.807, 2.05) is 57.0 Å². The molecule has 0 atom stereocenters. The molecule has 2 amide bonds. The Balaban J connectivity index is 1.22. The van der Waals surface area contributed by atoms with Crippen molar-refractivity contribution in [1.29, 1.82) is 0 Å². The van der Waals surface area contributed by atoms with Crippen molar-refractivity contribution >= 4 is 141 Å². The van der Waals surface area contributed by atoms with Gasteiger partial charge in [-0.3, -0.25) is 9.59 Å². The van der Waals surface area contributed by atoms with Gasteiger partial charge in [0.2, 0.25) is 11.8 Å². The van der Waals surface area contributed by atoms with Crippen LogP contribution in [0.5, 0.6) is 0 Å². The van der Waals surface area contributed by atoms with Crippen LogP contribution in [0.1, 0.15) is 20.3 Å². The zero-order chi connectivity index (χ0) is 17.8. The minimum atomic E-state index is -0.404. The van der Waals surface area contributed by atoms with Gasteiger partial charge in [0.1, 0.15) is 14.8 Å². The van der Waals surface area contributed by atoms with E-state index < -0.39 is 8.41 Å². The van der Waals surface area contributed by atoms with Gasteiger partial charge in [0.15, 0.2) is 5.49 Å². The smallest absolute Gasteiger partial charge is 0.231 e. The first-order valence-electron chi connectivity index (χ1n) is 6.56. The topological polar surface area (TPSA) is 58.2 Å². The molecule has 0 aromatic carbocycles. The Morgan fingerprint density at radius 2 is 0.880 bits per heavy atom. The Labute approximate surface area is 193 Å². The Morgan fingerprint density at radius 1 is 0.600 bits per heavy atom. The van der Waals surface area contributed by atoms with Crippen molar-refractivity contribution in [2.75, 3.05) is 0 Å². The van der Waals surface area contributed by atoms with E-state index >= 15 is 0 Å². The summed E-state index contributed by atoms with van der Waals surface area (Å²) in [5.41, 5.74) is 0. The molecule has 4 fully saturated rings. The molecule has 4 rings (SSSR count). The highest BCUT2D eigenvalue weighted by Crippen LogP contribution is 2.86. The van der Waals surface area contributed by atoms with E-state index in [1.165, 1.54) is 0 Å². The molecule has 4 aliphatic heterocycles. The summed E-state index contributed by atoms with van der Waals surface area (Å²) in [6, 6.07) is 0. The van der Waals surface area contributed by atoms with Gasteiger partial charge in [-0.2, -0.15) is 0 Å². The van der Waals surface area contributed by atoms with Gasteiger partial charge in [0, 0.05) is 0 Å². The van der Waals surface area contributed by atoms with Crippen LogP contribution in [0, 0.1) is 0 Å².